The number of ether oxygens (including phenoxy) is 1. The molecule has 134 valence electrons. The molecule has 2 heterocycles. The molecule has 3 rings (SSSR count). The van der Waals surface area contributed by atoms with E-state index >= 15 is 0 Å². The van der Waals surface area contributed by atoms with Crippen LogP contribution in [0.1, 0.15) is 35.5 Å². The van der Waals surface area contributed by atoms with Gasteiger partial charge < -0.3 is 10.1 Å². The van der Waals surface area contributed by atoms with Gasteiger partial charge in [0.05, 0.1) is 36.3 Å². The summed E-state index contributed by atoms with van der Waals surface area (Å²) >= 11 is 0. The minimum atomic E-state index is -0.0233. The highest BCUT2D eigenvalue weighted by Gasteiger charge is 2.29. The number of benzene rings is 1. The maximum Gasteiger partial charge on any atom is 0.238 e. The van der Waals surface area contributed by atoms with Crippen LogP contribution in [0.15, 0.2) is 24.3 Å². The van der Waals surface area contributed by atoms with Crippen molar-refractivity contribution in [2.75, 3.05) is 25.0 Å². The molecule has 1 aliphatic heterocycles. The molecule has 0 spiro atoms. The second-order valence-electron chi connectivity index (χ2n) is 6.81. The van der Waals surface area contributed by atoms with Gasteiger partial charge in [0, 0.05) is 12.6 Å². The number of rotatable bonds is 4. The summed E-state index contributed by atoms with van der Waals surface area (Å²) in [6, 6.07) is 8.47. The number of H-pyrrole nitrogens is 1. The van der Waals surface area contributed by atoms with Gasteiger partial charge in [-0.2, -0.15) is 5.10 Å². The molecule has 0 unspecified atom stereocenters. The number of hydrogen-bond donors (Lipinski definition) is 2. The quantitative estimate of drug-likeness (QED) is 0.896. The van der Waals surface area contributed by atoms with Crippen LogP contribution in [-0.2, 0) is 9.53 Å². The van der Waals surface area contributed by atoms with Crippen LogP contribution in [0.3, 0.4) is 0 Å². The van der Waals surface area contributed by atoms with E-state index in [-0.39, 0.29) is 18.1 Å². The van der Waals surface area contributed by atoms with Crippen LogP contribution in [0, 0.1) is 20.8 Å². The Morgan fingerprint density at radius 1 is 1.36 bits per heavy atom. The number of anilines is 1. The van der Waals surface area contributed by atoms with Crippen molar-refractivity contribution in [3.8, 4) is 0 Å². The number of hydrogen-bond acceptors (Lipinski definition) is 4. The molecule has 0 saturated carbocycles. The molecule has 1 aromatic carbocycles. The van der Waals surface area contributed by atoms with Crippen molar-refractivity contribution in [2.24, 2.45) is 0 Å². The summed E-state index contributed by atoms with van der Waals surface area (Å²) in [4.78, 5) is 14.7. The fraction of sp³-hybridized carbons (Fsp3) is 0.474. The van der Waals surface area contributed by atoms with Gasteiger partial charge >= 0.3 is 0 Å². The first-order chi connectivity index (χ1) is 12.0. The molecule has 1 amide bonds. The summed E-state index contributed by atoms with van der Waals surface area (Å²) in [5, 5.41) is 9.99. The Labute approximate surface area is 148 Å². The minimum absolute atomic E-state index is 0.00241. The van der Waals surface area contributed by atoms with Gasteiger partial charge in [-0.05, 0) is 38.8 Å². The van der Waals surface area contributed by atoms with Crippen LogP contribution in [0.4, 0.5) is 5.69 Å². The number of amides is 1. The van der Waals surface area contributed by atoms with Crippen molar-refractivity contribution < 1.29 is 9.53 Å². The van der Waals surface area contributed by atoms with Crippen molar-refractivity contribution >= 4 is 11.6 Å². The number of aromatic nitrogens is 2. The van der Waals surface area contributed by atoms with Gasteiger partial charge in [0.15, 0.2) is 0 Å². The van der Waals surface area contributed by atoms with E-state index in [2.05, 4.69) is 46.4 Å². The first-order valence-corrected chi connectivity index (χ1v) is 8.68. The van der Waals surface area contributed by atoms with Crippen molar-refractivity contribution in [2.45, 2.75) is 39.8 Å². The highest BCUT2D eigenvalue weighted by Crippen LogP contribution is 2.27. The molecule has 1 aliphatic rings. The number of nitrogens with one attached hydrogen (secondary N) is 2. The predicted octanol–water partition coefficient (Wildman–Crippen LogP) is 2.74. The van der Waals surface area contributed by atoms with Gasteiger partial charge in [0.25, 0.3) is 0 Å². The van der Waals surface area contributed by atoms with Crippen molar-refractivity contribution in [3.05, 3.63) is 46.8 Å². The minimum Gasteiger partial charge on any atom is -0.371 e. The zero-order valence-corrected chi connectivity index (χ0v) is 15.3. The van der Waals surface area contributed by atoms with Gasteiger partial charge in [0.2, 0.25) is 5.91 Å². The summed E-state index contributed by atoms with van der Waals surface area (Å²) in [5.41, 5.74) is 4.87. The molecule has 6 heteroatoms. The first kappa shape index (κ1) is 17.6. The number of nitrogens with zero attached hydrogens (tertiary/aromatic N) is 2. The zero-order valence-electron chi connectivity index (χ0n) is 15.3. The third-order valence-electron chi connectivity index (χ3n) is 4.84. The fourth-order valence-corrected chi connectivity index (χ4v) is 3.26. The molecule has 1 saturated heterocycles. The third-order valence-corrected chi connectivity index (χ3v) is 4.84. The van der Waals surface area contributed by atoms with Gasteiger partial charge in [-0.1, -0.05) is 24.3 Å². The maximum absolute atomic E-state index is 12.5. The highest BCUT2D eigenvalue weighted by molar-refractivity contribution is 5.93. The number of carbonyl (C=O) groups excluding carboxylic acids is 1. The average Bonchev–Trinajstić information content (AvgIpc) is 2.89. The van der Waals surface area contributed by atoms with Crippen LogP contribution in [0.5, 0.6) is 0 Å². The molecular formula is C19H26N4O2. The number of carbonyl (C=O) groups is 1. The Morgan fingerprint density at radius 3 is 2.80 bits per heavy atom. The SMILES string of the molecule is Cc1ccccc1[C@@H]1CN(CC(=O)Nc2c(C)n[nH]c2C)[C@H](C)CO1. The monoisotopic (exact) mass is 342 g/mol. The Kier molecular flexibility index (Phi) is 5.20. The van der Waals surface area contributed by atoms with E-state index in [0.717, 1.165) is 17.1 Å². The summed E-state index contributed by atoms with van der Waals surface area (Å²) in [7, 11) is 0. The summed E-state index contributed by atoms with van der Waals surface area (Å²) < 4.78 is 6.02. The predicted molar refractivity (Wildman–Crippen MR) is 97.6 cm³/mol. The molecule has 1 aromatic heterocycles. The van der Waals surface area contributed by atoms with Crippen molar-refractivity contribution in [1.82, 2.24) is 15.1 Å². The largest absolute Gasteiger partial charge is 0.371 e. The topological polar surface area (TPSA) is 70.2 Å². The summed E-state index contributed by atoms with van der Waals surface area (Å²) in [6.45, 7) is 9.65. The fourth-order valence-electron chi connectivity index (χ4n) is 3.26. The highest BCUT2D eigenvalue weighted by atomic mass is 16.5. The Hall–Kier alpha value is -2.18. The second kappa shape index (κ2) is 7.37. The van der Waals surface area contributed by atoms with Gasteiger partial charge in [-0.25, -0.2) is 0 Å². The normalized spacial score (nSPS) is 21.3. The third kappa shape index (κ3) is 3.91. The second-order valence-corrected chi connectivity index (χ2v) is 6.81. The van der Waals surface area contributed by atoms with E-state index in [1.165, 1.54) is 11.1 Å². The number of aromatic amines is 1. The number of aryl methyl sites for hydroxylation is 3. The number of morpholine rings is 1. The smallest absolute Gasteiger partial charge is 0.238 e. The van der Waals surface area contributed by atoms with Gasteiger partial charge in [0.1, 0.15) is 0 Å². The summed E-state index contributed by atoms with van der Waals surface area (Å²) in [5.74, 6) is -0.0233. The van der Waals surface area contributed by atoms with E-state index in [1.807, 2.05) is 26.0 Å². The molecule has 25 heavy (non-hydrogen) atoms. The maximum atomic E-state index is 12.5. The van der Waals surface area contributed by atoms with Crippen LogP contribution in [0.25, 0.3) is 0 Å². The molecule has 1 fully saturated rings. The van der Waals surface area contributed by atoms with E-state index in [9.17, 15) is 4.79 Å². The van der Waals surface area contributed by atoms with Crippen molar-refractivity contribution in [1.29, 1.82) is 0 Å². The van der Waals surface area contributed by atoms with E-state index in [0.29, 0.717) is 19.7 Å². The molecule has 2 N–H and O–H groups in total. The Morgan fingerprint density at radius 2 is 2.12 bits per heavy atom. The molecule has 0 aliphatic carbocycles. The molecular weight excluding hydrogens is 316 g/mol. The van der Waals surface area contributed by atoms with Crippen LogP contribution >= 0.6 is 0 Å². The van der Waals surface area contributed by atoms with Gasteiger partial charge in [-0.3, -0.25) is 14.8 Å². The van der Waals surface area contributed by atoms with Crippen LogP contribution < -0.4 is 5.32 Å². The lowest BCUT2D eigenvalue weighted by atomic mass is 10.0. The molecule has 2 aromatic rings. The molecule has 6 nitrogen and oxygen atoms in total. The Balaban J connectivity index is 1.66. The van der Waals surface area contributed by atoms with Crippen LogP contribution in [-0.4, -0.2) is 46.7 Å². The van der Waals surface area contributed by atoms with Gasteiger partial charge in [-0.15, -0.1) is 0 Å². The molecule has 0 bridgehead atoms. The van der Waals surface area contributed by atoms with Crippen LogP contribution in [0.2, 0.25) is 0 Å². The van der Waals surface area contributed by atoms with E-state index in [4.69, 9.17) is 4.74 Å². The van der Waals surface area contributed by atoms with E-state index in [1.54, 1.807) is 0 Å². The van der Waals surface area contributed by atoms with E-state index < -0.39 is 0 Å². The first-order valence-electron chi connectivity index (χ1n) is 8.68. The summed E-state index contributed by atoms with van der Waals surface area (Å²) in [6.07, 6.45) is 0.00241. The Bertz CT molecular complexity index is 736. The lowest BCUT2D eigenvalue weighted by Crippen LogP contribution is -2.48. The lowest BCUT2D eigenvalue weighted by Gasteiger charge is -2.38. The van der Waals surface area contributed by atoms with Crippen molar-refractivity contribution in [3.63, 3.8) is 0 Å². The molecule has 2 atom stereocenters. The average molecular weight is 342 g/mol. The molecule has 0 radical (unpaired) electrons. The zero-order chi connectivity index (χ0) is 18.0. The lowest BCUT2D eigenvalue weighted by molar-refractivity contribution is -0.121. The standard InChI is InChI=1S/C19H26N4O2/c1-12-7-5-6-8-16(12)17-9-23(13(2)11-25-17)10-18(24)20-19-14(3)21-22-15(19)4/h5-8,13,17H,9-11H2,1-4H3,(H,20,24)(H,21,22)/t13-,17+/m1/s1.